The van der Waals surface area contributed by atoms with E-state index in [4.69, 9.17) is 18.9 Å². The number of carbonyl (C=O) groups is 3. The summed E-state index contributed by atoms with van der Waals surface area (Å²) in [5.41, 5.74) is 1.47. The molecule has 0 spiro atoms. The van der Waals surface area contributed by atoms with Crippen molar-refractivity contribution in [3.05, 3.63) is 89.7 Å². The highest BCUT2D eigenvalue weighted by Gasteiger charge is 2.30. The molecule has 1 atom stereocenters. The molecule has 3 amide bonds. The number of halogens is 1. The van der Waals surface area contributed by atoms with Crippen LogP contribution in [0.25, 0.3) is 0 Å². The predicted octanol–water partition coefficient (Wildman–Crippen LogP) is 1.59. The number of sulfonamides is 1. The molecule has 1 heterocycles. The average Bonchev–Trinajstić information content (AvgIpc) is 3.15. The lowest BCUT2D eigenvalue weighted by Crippen LogP contribution is -3.00. The molecule has 0 aliphatic heterocycles. The fourth-order valence-corrected chi connectivity index (χ4v) is 6.84. The third kappa shape index (κ3) is 12.2. The number of rotatable bonds is 16. The first-order valence-electron chi connectivity index (χ1n) is 16.8. The lowest BCUT2D eigenvalue weighted by atomic mass is 9.90. The Morgan fingerprint density at radius 3 is 2.39 bits per heavy atom. The number of alkyl carbamates (subject to hydrolysis) is 1. The van der Waals surface area contributed by atoms with Crippen LogP contribution in [0.5, 0.6) is 5.75 Å². The van der Waals surface area contributed by atoms with Crippen molar-refractivity contribution in [2.45, 2.75) is 69.7 Å². The van der Waals surface area contributed by atoms with Crippen LogP contribution in [-0.2, 0) is 43.9 Å². The van der Waals surface area contributed by atoms with Crippen LogP contribution in [0.3, 0.4) is 0 Å². The van der Waals surface area contributed by atoms with Gasteiger partial charge in [-0.1, -0.05) is 49.6 Å². The van der Waals surface area contributed by atoms with Gasteiger partial charge in [-0.25, -0.2) is 32.2 Å². The van der Waals surface area contributed by atoms with Gasteiger partial charge in [0.15, 0.2) is 6.20 Å². The van der Waals surface area contributed by atoms with Crippen LogP contribution >= 0.6 is 0 Å². The number of para-hydroxylation sites is 1. The van der Waals surface area contributed by atoms with Gasteiger partial charge in [0.05, 0.1) is 17.6 Å². The molecule has 0 radical (unpaired) electrons. The summed E-state index contributed by atoms with van der Waals surface area (Å²) in [6, 6.07) is 18.4. The lowest BCUT2D eigenvalue weighted by Gasteiger charge is -2.22. The van der Waals surface area contributed by atoms with Crippen LogP contribution in [-0.4, -0.2) is 71.5 Å². The van der Waals surface area contributed by atoms with E-state index in [1.165, 1.54) is 32.8 Å². The molecule has 51 heavy (non-hydrogen) atoms. The minimum atomic E-state index is -3.70. The van der Waals surface area contributed by atoms with Crippen molar-refractivity contribution in [3.63, 3.8) is 0 Å². The number of aromatic nitrogens is 1. The van der Waals surface area contributed by atoms with Crippen molar-refractivity contribution >= 4 is 28.1 Å². The number of amides is 3. The first-order valence-corrected chi connectivity index (χ1v) is 18.2. The van der Waals surface area contributed by atoms with Gasteiger partial charge in [-0.2, -0.15) is 0 Å². The Balaban J connectivity index is 0.00000702. The highest BCUT2D eigenvalue weighted by molar-refractivity contribution is 7.89. The summed E-state index contributed by atoms with van der Waals surface area (Å²) in [6.07, 6.45) is 4.81. The monoisotopic (exact) mass is 746 g/mol. The number of aryl methyl sites for hydroxylation is 1. The van der Waals surface area contributed by atoms with Crippen LogP contribution in [0.4, 0.5) is 9.59 Å². The van der Waals surface area contributed by atoms with Gasteiger partial charge in [-0.05, 0) is 55.5 Å². The van der Waals surface area contributed by atoms with Crippen molar-refractivity contribution in [3.8, 4) is 5.75 Å². The molecule has 2 N–H and O–H groups in total. The standard InChI is InChI=1S/C36H46N4O9S.ClH/c1-4-39-20-11-10-16-29(39)24-40(34(41)32-18-8-9-19-33(32)47-3)36(43)49-26-30(46-2)25-48-35(42)37-22-28-15-12-17-31(21-28)50(44,45)38-23-27-13-6-5-7-14-27;/h8-12,15-21,27,30,38H,4-7,13-14,22-26H2,1-3H3;1H. The van der Waals surface area contributed by atoms with Crippen molar-refractivity contribution in [2.24, 2.45) is 5.92 Å². The van der Waals surface area contributed by atoms with E-state index in [1.54, 1.807) is 36.4 Å². The second-order valence-corrected chi connectivity index (χ2v) is 13.7. The summed E-state index contributed by atoms with van der Waals surface area (Å²) in [4.78, 5) is 40.7. The minimum Gasteiger partial charge on any atom is -1.00 e. The van der Waals surface area contributed by atoms with Crippen LogP contribution in [0.1, 0.15) is 60.6 Å². The second-order valence-electron chi connectivity index (χ2n) is 12.0. The zero-order valence-corrected chi connectivity index (χ0v) is 30.8. The number of pyridine rings is 1. The zero-order chi connectivity index (χ0) is 35.9. The second kappa shape index (κ2) is 20.6. The van der Waals surface area contributed by atoms with Gasteiger partial charge in [0.2, 0.25) is 15.7 Å². The number of nitrogens with zero attached hydrogens (tertiary/aromatic N) is 2. The summed E-state index contributed by atoms with van der Waals surface area (Å²) in [5.74, 6) is 0.0424. The fourth-order valence-electron chi connectivity index (χ4n) is 5.66. The number of ether oxygens (including phenoxy) is 4. The van der Waals surface area contributed by atoms with E-state index in [0.29, 0.717) is 36.0 Å². The molecule has 278 valence electrons. The van der Waals surface area contributed by atoms with Crippen molar-refractivity contribution in [1.82, 2.24) is 14.9 Å². The Morgan fingerprint density at radius 2 is 1.67 bits per heavy atom. The van der Waals surface area contributed by atoms with E-state index in [1.807, 2.05) is 35.9 Å². The Morgan fingerprint density at radius 1 is 0.941 bits per heavy atom. The largest absolute Gasteiger partial charge is 1.00 e. The minimum absolute atomic E-state index is 0. The molecule has 0 bridgehead atoms. The maximum Gasteiger partial charge on any atom is 0.417 e. The Bertz CT molecular complexity index is 1700. The normalized spacial score (nSPS) is 13.7. The number of benzene rings is 2. The molecule has 1 unspecified atom stereocenters. The summed E-state index contributed by atoms with van der Waals surface area (Å²) in [7, 11) is -0.881. The number of methoxy groups -OCH3 is 2. The van der Waals surface area contributed by atoms with Gasteiger partial charge < -0.3 is 36.7 Å². The van der Waals surface area contributed by atoms with Crippen LogP contribution in [0, 0.1) is 5.92 Å². The molecule has 1 fully saturated rings. The Kier molecular flexibility index (Phi) is 16.6. The molecule has 1 saturated carbocycles. The summed E-state index contributed by atoms with van der Waals surface area (Å²) < 4.78 is 51.9. The summed E-state index contributed by atoms with van der Waals surface area (Å²) >= 11 is 0. The highest BCUT2D eigenvalue weighted by Crippen LogP contribution is 2.24. The topological polar surface area (TPSA) is 153 Å². The Labute approximate surface area is 306 Å². The van der Waals surface area contributed by atoms with E-state index in [2.05, 4.69) is 10.0 Å². The van der Waals surface area contributed by atoms with E-state index in [0.717, 1.165) is 30.6 Å². The SMILES string of the molecule is CC[n+]1ccccc1CN(C(=O)OCC(COC(=O)NCc1cccc(S(=O)(=O)NCC2CCCCC2)c1)OC)C(=O)c1ccccc1OC.[Cl-]. The molecule has 13 nitrogen and oxygen atoms in total. The summed E-state index contributed by atoms with van der Waals surface area (Å²) in [5, 5.41) is 2.60. The smallest absolute Gasteiger partial charge is 0.417 e. The van der Waals surface area contributed by atoms with Gasteiger partial charge in [0.25, 0.3) is 5.91 Å². The maximum atomic E-state index is 13.7. The van der Waals surface area contributed by atoms with E-state index in [-0.39, 0.29) is 49.2 Å². The van der Waals surface area contributed by atoms with Crippen LogP contribution in [0.15, 0.2) is 77.8 Å². The molecule has 2 aromatic carbocycles. The van der Waals surface area contributed by atoms with Gasteiger partial charge in [0.1, 0.15) is 38.2 Å². The zero-order valence-electron chi connectivity index (χ0n) is 29.2. The number of imide groups is 1. The molecule has 0 saturated heterocycles. The highest BCUT2D eigenvalue weighted by atomic mass is 35.5. The van der Waals surface area contributed by atoms with Crippen molar-refractivity contribution in [1.29, 1.82) is 0 Å². The number of carbonyl (C=O) groups excluding carboxylic acids is 3. The summed E-state index contributed by atoms with van der Waals surface area (Å²) in [6.45, 7) is 2.36. The van der Waals surface area contributed by atoms with Crippen LogP contribution in [0.2, 0.25) is 0 Å². The lowest BCUT2D eigenvalue weighted by molar-refractivity contribution is -0.701. The molecular weight excluding hydrogens is 700 g/mol. The molecule has 3 aromatic rings. The average molecular weight is 747 g/mol. The molecule has 1 aromatic heterocycles. The van der Waals surface area contributed by atoms with E-state index < -0.39 is 34.2 Å². The van der Waals surface area contributed by atoms with Gasteiger partial charge in [0, 0.05) is 32.3 Å². The van der Waals surface area contributed by atoms with Gasteiger partial charge >= 0.3 is 12.2 Å². The molecule has 1 aliphatic carbocycles. The molecule has 1 aliphatic rings. The van der Waals surface area contributed by atoms with Crippen molar-refractivity contribution in [2.75, 3.05) is 34.0 Å². The predicted molar refractivity (Wildman–Crippen MR) is 184 cm³/mol. The van der Waals surface area contributed by atoms with E-state index in [9.17, 15) is 22.8 Å². The third-order valence-corrected chi connectivity index (χ3v) is 9.98. The molecular formula is C36H47ClN4O9S. The quantitative estimate of drug-likeness (QED) is 0.208. The molecule has 4 rings (SSSR count). The molecule has 15 heteroatoms. The van der Waals surface area contributed by atoms with Gasteiger partial charge in [-0.15, -0.1) is 0 Å². The van der Waals surface area contributed by atoms with Crippen molar-refractivity contribution < 1.29 is 58.7 Å². The first kappa shape index (κ1) is 41.2. The fraction of sp³-hybridized carbons (Fsp3) is 0.444. The third-order valence-electron chi connectivity index (χ3n) is 8.56. The number of nitrogens with one attached hydrogen (secondary N) is 2. The number of hydrogen-bond donors (Lipinski definition) is 2. The first-order chi connectivity index (χ1) is 24.1. The van der Waals surface area contributed by atoms with Crippen LogP contribution < -0.4 is 31.7 Å². The number of hydrogen-bond acceptors (Lipinski definition) is 9. The van der Waals surface area contributed by atoms with E-state index >= 15 is 0 Å². The maximum absolute atomic E-state index is 13.7. The Hall–Kier alpha value is -4.24. The van der Waals surface area contributed by atoms with Gasteiger partial charge in [-0.3, -0.25) is 4.79 Å².